The molecule has 0 spiro atoms. The molecule has 96 valence electrons. The molecule has 0 fully saturated rings. The van der Waals surface area contributed by atoms with Gasteiger partial charge in [-0.2, -0.15) is 0 Å². The van der Waals surface area contributed by atoms with Gasteiger partial charge in [-0.1, -0.05) is 0 Å². The number of aromatic amines is 1. The lowest BCUT2D eigenvalue weighted by Crippen LogP contribution is -1.95. The minimum Gasteiger partial charge on any atom is -0.382 e. The van der Waals surface area contributed by atoms with E-state index in [9.17, 15) is 13.2 Å². The first-order chi connectivity index (χ1) is 9.08. The molecule has 2 heterocycles. The lowest BCUT2D eigenvalue weighted by atomic mass is 10.2. The lowest BCUT2D eigenvalue weighted by molar-refractivity contribution is 0.448. The Kier molecular flexibility index (Phi) is 2.37. The molecule has 0 atom stereocenters. The number of H-pyrrole nitrogens is 1. The molecule has 0 amide bonds. The largest absolute Gasteiger partial charge is 0.382 e. The van der Waals surface area contributed by atoms with E-state index in [4.69, 9.17) is 5.73 Å². The first-order valence-corrected chi connectivity index (χ1v) is 5.18. The van der Waals surface area contributed by atoms with Crippen molar-refractivity contribution in [2.75, 3.05) is 5.73 Å². The Hall–Kier alpha value is -2.64. The van der Waals surface area contributed by atoms with E-state index in [2.05, 4.69) is 19.9 Å². The van der Waals surface area contributed by atoms with E-state index in [1.54, 1.807) is 0 Å². The Balaban J connectivity index is 2.25. The van der Waals surface area contributed by atoms with E-state index in [1.165, 1.54) is 6.33 Å². The van der Waals surface area contributed by atoms with E-state index in [-0.39, 0.29) is 22.9 Å². The highest BCUT2D eigenvalue weighted by Crippen LogP contribution is 2.26. The number of anilines is 1. The van der Waals surface area contributed by atoms with Crippen molar-refractivity contribution in [2.24, 2.45) is 0 Å². The molecule has 0 bridgehead atoms. The third-order valence-electron chi connectivity index (χ3n) is 2.61. The van der Waals surface area contributed by atoms with Crippen LogP contribution in [0, 0.1) is 17.5 Å². The van der Waals surface area contributed by atoms with Crippen LogP contribution in [0.1, 0.15) is 0 Å². The zero-order valence-corrected chi connectivity index (χ0v) is 9.28. The number of imidazole rings is 1. The van der Waals surface area contributed by atoms with Gasteiger partial charge in [0.05, 0.1) is 5.56 Å². The molecular formula is C11H6F3N5. The van der Waals surface area contributed by atoms with Crippen molar-refractivity contribution < 1.29 is 13.2 Å². The Labute approximate surface area is 104 Å². The highest BCUT2D eigenvalue weighted by atomic mass is 19.2. The number of rotatable bonds is 1. The Morgan fingerprint density at radius 1 is 1.05 bits per heavy atom. The molecule has 8 heteroatoms. The number of hydrogen-bond donors (Lipinski definition) is 2. The summed E-state index contributed by atoms with van der Waals surface area (Å²) in [4.78, 5) is 14.2. The summed E-state index contributed by atoms with van der Waals surface area (Å²) < 4.78 is 39.7. The van der Waals surface area contributed by atoms with E-state index >= 15 is 0 Å². The van der Waals surface area contributed by atoms with E-state index in [1.807, 2.05) is 0 Å². The first-order valence-electron chi connectivity index (χ1n) is 5.18. The maximum absolute atomic E-state index is 13.6. The SMILES string of the molecule is Nc1ncnc2nc(-c3ccc(F)c(F)c3F)[nH]c12. The molecule has 0 aliphatic heterocycles. The van der Waals surface area contributed by atoms with Crippen molar-refractivity contribution in [2.45, 2.75) is 0 Å². The highest BCUT2D eigenvalue weighted by molar-refractivity contribution is 5.84. The summed E-state index contributed by atoms with van der Waals surface area (Å²) in [5.41, 5.74) is 5.90. The third kappa shape index (κ3) is 1.68. The molecule has 3 rings (SSSR count). The van der Waals surface area contributed by atoms with Gasteiger partial charge in [0.15, 0.2) is 28.9 Å². The molecule has 3 aromatic rings. The van der Waals surface area contributed by atoms with Gasteiger partial charge in [0.25, 0.3) is 0 Å². The van der Waals surface area contributed by atoms with Crippen LogP contribution >= 0.6 is 0 Å². The Morgan fingerprint density at radius 3 is 2.58 bits per heavy atom. The molecule has 0 saturated heterocycles. The molecule has 0 unspecified atom stereocenters. The summed E-state index contributed by atoms with van der Waals surface area (Å²) in [5, 5.41) is 0. The van der Waals surface area contributed by atoms with Gasteiger partial charge in [0.1, 0.15) is 17.7 Å². The van der Waals surface area contributed by atoms with Crippen LogP contribution in [0.25, 0.3) is 22.6 Å². The zero-order valence-electron chi connectivity index (χ0n) is 9.28. The number of hydrogen-bond acceptors (Lipinski definition) is 4. The van der Waals surface area contributed by atoms with Crippen molar-refractivity contribution in [3.05, 3.63) is 35.9 Å². The number of benzene rings is 1. The van der Waals surface area contributed by atoms with Crippen LogP contribution in [-0.2, 0) is 0 Å². The van der Waals surface area contributed by atoms with Gasteiger partial charge in [-0.3, -0.25) is 0 Å². The second-order valence-corrected chi connectivity index (χ2v) is 3.77. The molecule has 0 aliphatic rings. The summed E-state index contributed by atoms with van der Waals surface area (Å²) in [7, 11) is 0. The topological polar surface area (TPSA) is 80.5 Å². The average molecular weight is 265 g/mol. The molecule has 1 aromatic carbocycles. The van der Waals surface area contributed by atoms with Gasteiger partial charge in [-0.15, -0.1) is 0 Å². The Bertz CT molecular complexity index is 783. The number of nitrogen functional groups attached to an aromatic ring is 1. The fourth-order valence-corrected chi connectivity index (χ4v) is 1.68. The van der Waals surface area contributed by atoms with Crippen LogP contribution in [0.2, 0.25) is 0 Å². The molecular weight excluding hydrogens is 259 g/mol. The maximum atomic E-state index is 13.6. The van der Waals surface area contributed by atoms with E-state index in [0.717, 1.165) is 12.1 Å². The summed E-state index contributed by atoms with van der Waals surface area (Å²) in [6, 6.07) is 1.89. The standard InChI is InChI=1S/C11H6F3N5/c12-5-2-1-4(6(13)7(5)14)10-18-8-9(15)16-3-17-11(8)19-10/h1-3H,(H3,15,16,17,18,19). The van der Waals surface area contributed by atoms with E-state index in [0.29, 0.717) is 5.52 Å². The second kappa shape index (κ2) is 3.94. The van der Waals surface area contributed by atoms with Gasteiger partial charge >= 0.3 is 0 Å². The normalized spacial score (nSPS) is 11.1. The molecule has 3 N–H and O–H groups in total. The summed E-state index contributed by atoms with van der Waals surface area (Å²) in [6.45, 7) is 0. The monoisotopic (exact) mass is 265 g/mol. The van der Waals surface area contributed by atoms with Crippen molar-refractivity contribution in [1.82, 2.24) is 19.9 Å². The number of halogens is 3. The number of nitrogens with zero attached hydrogens (tertiary/aromatic N) is 3. The molecule has 19 heavy (non-hydrogen) atoms. The van der Waals surface area contributed by atoms with Gasteiger partial charge in [0, 0.05) is 0 Å². The van der Waals surface area contributed by atoms with Crippen molar-refractivity contribution in [1.29, 1.82) is 0 Å². The van der Waals surface area contributed by atoms with Crippen molar-refractivity contribution >= 4 is 17.0 Å². The van der Waals surface area contributed by atoms with Gasteiger partial charge in [-0.25, -0.2) is 28.1 Å². The van der Waals surface area contributed by atoms with Crippen LogP contribution < -0.4 is 5.73 Å². The third-order valence-corrected chi connectivity index (χ3v) is 2.61. The first kappa shape index (κ1) is 11.5. The smallest absolute Gasteiger partial charge is 0.195 e. The average Bonchev–Trinajstić information content (AvgIpc) is 2.81. The van der Waals surface area contributed by atoms with Crippen LogP contribution in [0.15, 0.2) is 18.5 Å². The molecule has 5 nitrogen and oxygen atoms in total. The van der Waals surface area contributed by atoms with Crippen LogP contribution in [0.4, 0.5) is 19.0 Å². The minimum atomic E-state index is -1.56. The van der Waals surface area contributed by atoms with Gasteiger partial charge < -0.3 is 10.7 Å². The lowest BCUT2D eigenvalue weighted by Gasteiger charge is -2.00. The van der Waals surface area contributed by atoms with Crippen LogP contribution in [0.5, 0.6) is 0 Å². The number of nitrogens with one attached hydrogen (secondary N) is 1. The van der Waals surface area contributed by atoms with E-state index < -0.39 is 17.5 Å². The van der Waals surface area contributed by atoms with Crippen molar-refractivity contribution in [3.63, 3.8) is 0 Å². The number of fused-ring (bicyclic) bond motifs is 1. The minimum absolute atomic E-state index is 0.00130. The second-order valence-electron chi connectivity index (χ2n) is 3.77. The molecule has 2 aromatic heterocycles. The summed E-state index contributed by atoms with van der Waals surface area (Å²) in [5.74, 6) is -4.02. The predicted molar refractivity (Wildman–Crippen MR) is 61.4 cm³/mol. The summed E-state index contributed by atoms with van der Waals surface area (Å²) >= 11 is 0. The predicted octanol–water partition coefficient (Wildman–Crippen LogP) is 2.02. The summed E-state index contributed by atoms with van der Waals surface area (Å²) in [6.07, 6.45) is 1.20. The Morgan fingerprint density at radius 2 is 1.84 bits per heavy atom. The van der Waals surface area contributed by atoms with Gasteiger partial charge in [-0.05, 0) is 12.1 Å². The van der Waals surface area contributed by atoms with Crippen LogP contribution in [-0.4, -0.2) is 19.9 Å². The number of aromatic nitrogens is 4. The fraction of sp³-hybridized carbons (Fsp3) is 0. The molecule has 0 saturated carbocycles. The maximum Gasteiger partial charge on any atom is 0.195 e. The highest BCUT2D eigenvalue weighted by Gasteiger charge is 2.18. The zero-order chi connectivity index (χ0) is 13.6. The van der Waals surface area contributed by atoms with Crippen molar-refractivity contribution in [3.8, 4) is 11.4 Å². The molecule has 0 aliphatic carbocycles. The number of nitrogens with two attached hydrogens (primary N) is 1. The van der Waals surface area contributed by atoms with Crippen LogP contribution in [0.3, 0.4) is 0 Å². The quantitative estimate of drug-likeness (QED) is 0.659. The fourth-order valence-electron chi connectivity index (χ4n) is 1.68. The van der Waals surface area contributed by atoms with Gasteiger partial charge in [0.2, 0.25) is 0 Å². The molecule has 0 radical (unpaired) electrons.